The molecule has 10 heteroatoms. The minimum absolute atomic E-state index is 0.0705. The van der Waals surface area contributed by atoms with Crippen LogP contribution >= 0.6 is 43.5 Å². The van der Waals surface area contributed by atoms with Gasteiger partial charge in [0, 0.05) is 16.1 Å². The number of halogens is 3. The Kier molecular flexibility index (Phi) is 7.42. The Morgan fingerprint density at radius 1 is 1.06 bits per heavy atom. The number of nitro benzene ring substituents is 1. The lowest BCUT2D eigenvalue weighted by Gasteiger charge is -2.14. The fourth-order valence-electron chi connectivity index (χ4n) is 2.74. The number of hydrogen-bond acceptors (Lipinski definition) is 5. The highest BCUT2D eigenvalue weighted by Crippen LogP contribution is 2.35. The molecule has 3 rings (SSSR count). The van der Waals surface area contributed by atoms with Crippen LogP contribution in [0.25, 0.3) is 0 Å². The lowest BCUT2D eigenvalue weighted by molar-refractivity contribution is -0.383. The quantitative estimate of drug-likeness (QED) is 0.166. The van der Waals surface area contributed by atoms with Gasteiger partial charge in [-0.15, -0.1) is 0 Å². The van der Waals surface area contributed by atoms with Gasteiger partial charge in [0.2, 0.25) is 5.91 Å². The molecular weight excluding hydrogens is 556 g/mol. The van der Waals surface area contributed by atoms with E-state index in [-0.39, 0.29) is 34.1 Å². The number of esters is 1. The molecule has 1 N–H and O–H groups in total. The van der Waals surface area contributed by atoms with Crippen molar-refractivity contribution < 1.29 is 19.2 Å². The van der Waals surface area contributed by atoms with E-state index in [1.165, 1.54) is 24.3 Å². The molecule has 0 saturated carbocycles. The molecule has 0 heterocycles. The Labute approximate surface area is 198 Å². The summed E-state index contributed by atoms with van der Waals surface area (Å²) in [6.07, 6.45) is -0.199. The summed E-state index contributed by atoms with van der Waals surface area (Å²) in [5, 5.41) is 13.9. The topological polar surface area (TPSA) is 98.5 Å². The van der Waals surface area contributed by atoms with Crippen molar-refractivity contribution in [3.63, 3.8) is 0 Å². The molecule has 0 spiro atoms. The number of anilines is 1. The Morgan fingerprint density at radius 3 is 2.45 bits per heavy atom. The molecule has 0 unspecified atom stereocenters. The molecule has 0 fully saturated rings. The number of nitrogens with one attached hydrogen (secondary N) is 1. The van der Waals surface area contributed by atoms with E-state index in [0.717, 1.165) is 0 Å². The standard InChI is InChI=1S/C21H13Br2ClN2O5/c22-13-9-12(10-19(27)25-17-7-3-4-8-18(17)26(29)30)20(15(23)11-13)31-21(28)14-5-1-2-6-16(14)24/h1-9,11H,10H2,(H,25,27). The highest BCUT2D eigenvalue weighted by molar-refractivity contribution is 9.11. The average molecular weight is 569 g/mol. The summed E-state index contributed by atoms with van der Waals surface area (Å²) in [5.41, 5.74) is 0.407. The second-order valence-corrected chi connectivity index (χ2v) is 8.42. The van der Waals surface area contributed by atoms with Crippen LogP contribution in [0.5, 0.6) is 5.75 Å². The first-order valence-corrected chi connectivity index (χ1v) is 10.7. The predicted molar refractivity (Wildman–Crippen MR) is 124 cm³/mol. The van der Waals surface area contributed by atoms with Gasteiger partial charge in [-0.3, -0.25) is 14.9 Å². The SMILES string of the molecule is O=C(Cc1cc(Br)cc(Br)c1OC(=O)c1ccccc1Cl)Nc1ccccc1[N+](=O)[O-]. The number of nitro groups is 1. The molecule has 0 aliphatic carbocycles. The molecule has 3 aromatic rings. The highest BCUT2D eigenvalue weighted by atomic mass is 79.9. The number of nitrogens with zero attached hydrogens (tertiary/aromatic N) is 1. The third-order valence-corrected chi connectivity index (χ3v) is 5.48. The number of rotatable bonds is 6. The predicted octanol–water partition coefficient (Wildman–Crippen LogP) is 6.17. The molecule has 0 aromatic heterocycles. The molecule has 1 amide bonds. The number of benzene rings is 3. The zero-order valence-corrected chi connectivity index (χ0v) is 19.5. The van der Waals surface area contributed by atoms with Crippen LogP contribution in [0.1, 0.15) is 15.9 Å². The van der Waals surface area contributed by atoms with Gasteiger partial charge in [0.15, 0.2) is 0 Å². The maximum absolute atomic E-state index is 12.6. The number of hydrogen-bond donors (Lipinski definition) is 1. The summed E-state index contributed by atoms with van der Waals surface area (Å²) in [6, 6.07) is 15.5. The summed E-state index contributed by atoms with van der Waals surface area (Å²) in [4.78, 5) is 35.8. The Morgan fingerprint density at radius 2 is 1.74 bits per heavy atom. The van der Waals surface area contributed by atoms with E-state index < -0.39 is 16.8 Å². The summed E-state index contributed by atoms with van der Waals surface area (Å²) in [5.74, 6) is -1.06. The molecule has 0 saturated heterocycles. The first-order valence-electron chi connectivity index (χ1n) is 8.74. The van der Waals surface area contributed by atoms with Crippen molar-refractivity contribution >= 4 is 66.7 Å². The summed E-state index contributed by atoms with van der Waals surface area (Å²) in [7, 11) is 0. The van der Waals surface area contributed by atoms with Crippen molar-refractivity contribution in [2.75, 3.05) is 5.32 Å². The van der Waals surface area contributed by atoms with Crippen LogP contribution in [0.3, 0.4) is 0 Å². The van der Waals surface area contributed by atoms with Crippen LogP contribution < -0.4 is 10.1 Å². The summed E-state index contributed by atoms with van der Waals surface area (Å²) < 4.78 is 6.62. The van der Waals surface area contributed by atoms with Crippen molar-refractivity contribution in [1.29, 1.82) is 0 Å². The van der Waals surface area contributed by atoms with E-state index in [1.54, 1.807) is 36.4 Å². The summed E-state index contributed by atoms with van der Waals surface area (Å²) >= 11 is 12.8. The second-order valence-electron chi connectivity index (χ2n) is 6.24. The molecule has 0 aliphatic heterocycles. The maximum atomic E-state index is 12.6. The van der Waals surface area contributed by atoms with E-state index in [2.05, 4.69) is 37.2 Å². The first kappa shape index (κ1) is 22.9. The fraction of sp³-hybridized carbons (Fsp3) is 0.0476. The molecule has 0 radical (unpaired) electrons. The smallest absolute Gasteiger partial charge is 0.345 e. The van der Waals surface area contributed by atoms with Crippen LogP contribution in [-0.2, 0) is 11.2 Å². The van der Waals surface area contributed by atoms with E-state index >= 15 is 0 Å². The first-order chi connectivity index (χ1) is 14.8. The number of ether oxygens (including phenoxy) is 1. The number of carbonyl (C=O) groups is 2. The summed E-state index contributed by atoms with van der Waals surface area (Å²) in [6.45, 7) is 0. The molecule has 31 heavy (non-hydrogen) atoms. The molecule has 7 nitrogen and oxygen atoms in total. The molecule has 158 valence electrons. The fourth-order valence-corrected chi connectivity index (χ4v) is 4.35. The molecule has 3 aromatic carbocycles. The zero-order chi connectivity index (χ0) is 22.5. The lowest BCUT2D eigenvalue weighted by atomic mass is 10.1. The van der Waals surface area contributed by atoms with Crippen LogP contribution in [0, 0.1) is 10.1 Å². The van der Waals surface area contributed by atoms with Crippen molar-refractivity contribution in [2.45, 2.75) is 6.42 Å². The number of carbonyl (C=O) groups excluding carboxylic acids is 2. The van der Waals surface area contributed by atoms with Crippen molar-refractivity contribution in [3.05, 3.63) is 95.9 Å². The molecule has 0 bridgehead atoms. The van der Waals surface area contributed by atoms with Gasteiger partial charge >= 0.3 is 5.97 Å². The van der Waals surface area contributed by atoms with Crippen LogP contribution in [0.2, 0.25) is 5.02 Å². The van der Waals surface area contributed by atoms with E-state index in [0.29, 0.717) is 14.5 Å². The highest BCUT2D eigenvalue weighted by Gasteiger charge is 2.21. The van der Waals surface area contributed by atoms with Crippen molar-refractivity contribution in [1.82, 2.24) is 0 Å². The maximum Gasteiger partial charge on any atom is 0.345 e. The van der Waals surface area contributed by atoms with Crippen LogP contribution in [-0.4, -0.2) is 16.8 Å². The third-order valence-electron chi connectivity index (χ3n) is 4.10. The number of para-hydroxylation sites is 2. The largest absolute Gasteiger partial charge is 0.421 e. The second kappa shape index (κ2) is 10.0. The van der Waals surface area contributed by atoms with Crippen molar-refractivity contribution in [3.8, 4) is 5.75 Å². The van der Waals surface area contributed by atoms with Gasteiger partial charge in [-0.1, -0.05) is 51.8 Å². The third kappa shape index (κ3) is 5.69. The van der Waals surface area contributed by atoms with Gasteiger partial charge < -0.3 is 10.1 Å². The van der Waals surface area contributed by atoms with Gasteiger partial charge in [-0.25, -0.2) is 4.79 Å². The van der Waals surface area contributed by atoms with Crippen LogP contribution in [0.15, 0.2) is 69.6 Å². The zero-order valence-electron chi connectivity index (χ0n) is 15.6. The average Bonchev–Trinajstić information content (AvgIpc) is 2.71. The Balaban J connectivity index is 1.86. The molecule has 0 atom stereocenters. The lowest BCUT2D eigenvalue weighted by Crippen LogP contribution is -2.17. The molecule has 0 aliphatic rings. The normalized spacial score (nSPS) is 10.4. The van der Waals surface area contributed by atoms with E-state index in [9.17, 15) is 19.7 Å². The Bertz CT molecular complexity index is 1190. The van der Waals surface area contributed by atoms with E-state index in [4.69, 9.17) is 16.3 Å². The van der Waals surface area contributed by atoms with Gasteiger partial charge in [0.25, 0.3) is 5.69 Å². The van der Waals surface area contributed by atoms with Gasteiger partial charge in [0.05, 0.1) is 26.4 Å². The number of amides is 1. The van der Waals surface area contributed by atoms with Gasteiger partial charge in [-0.2, -0.15) is 0 Å². The monoisotopic (exact) mass is 566 g/mol. The van der Waals surface area contributed by atoms with Gasteiger partial charge in [0.1, 0.15) is 11.4 Å². The minimum Gasteiger partial charge on any atom is -0.421 e. The van der Waals surface area contributed by atoms with Crippen LogP contribution in [0.4, 0.5) is 11.4 Å². The Hall–Kier alpha value is -2.75. The minimum atomic E-state index is -0.686. The van der Waals surface area contributed by atoms with Gasteiger partial charge in [-0.05, 0) is 46.3 Å². The molecular formula is C21H13Br2ClN2O5. The van der Waals surface area contributed by atoms with Crippen molar-refractivity contribution in [2.24, 2.45) is 0 Å². The van der Waals surface area contributed by atoms with E-state index in [1.807, 2.05) is 0 Å².